The van der Waals surface area contributed by atoms with Gasteiger partial charge in [-0.15, -0.1) is 10.2 Å². The second kappa shape index (κ2) is 7.62. The van der Waals surface area contributed by atoms with Crippen LogP contribution in [0.5, 0.6) is 0 Å². The van der Waals surface area contributed by atoms with E-state index in [1.165, 1.54) is 22.7 Å². The second-order valence-corrected chi connectivity index (χ2v) is 6.70. The molecule has 7 nitrogen and oxygen atoms in total. The molecule has 0 aliphatic heterocycles. The van der Waals surface area contributed by atoms with Gasteiger partial charge in [0.25, 0.3) is 0 Å². The zero-order chi connectivity index (χ0) is 17.8. The molecule has 0 unspecified atom stereocenters. The Kier molecular flexibility index (Phi) is 5.30. The van der Waals surface area contributed by atoms with Gasteiger partial charge in [-0.2, -0.15) is 0 Å². The number of carbonyl (C=O) groups excluding carboxylic acids is 1. The summed E-state index contributed by atoms with van der Waals surface area (Å²) in [6, 6.07) is 10.9. The van der Waals surface area contributed by atoms with Gasteiger partial charge in [0.05, 0.1) is 12.0 Å². The standard InChI is InChI=1S/C16H16ClN5O2S/c1-21(9-11-4-6-12(17)7-5-11)14(23)10-25-16-20-19-15(22(16)18)13-3-2-8-24-13/h2-8H,9-10,18H2,1H3. The number of nitrogens with two attached hydrogens (primary N) is 1. The van der Waals surface area contributed by atoms with Crippen molar-refractivity contribution in [2.75, 3.05) is 18.6 Å². The number of amides is 1. The molecule has 0 radical (unpaired) electrons. The Hall–Kier alpha value is -2.45. The molecule has 0 bridgehead atoms. The molecule has 0 spiro atoms. The normalized spacial score (nSPS) is 10.8. The lowest BCUT2D eigenvalue weighted by Gasteiger charge is -2.17. The molecular formula is C16H16ClN5O2S. The number of furan rings is 1. The Bertz CT molecular complexity index is 848. The van der Waals surface area contributed by atoms with E-state index >= 15 is 0 Å². The van der Waals surface area contributed by atoms with Crippen molar-refractivity contribution in [3.05, 3.63) is 53.2 Å². The van der Waals surface area contributed by atoms with Gasteiger partial charge >= 0.3 is 0 Å². The van der Waals surface area contributed by atoms with Crippen molar-refractivity contribution in [1.29, 1.82) is 0 Å². The van der Waals surface area contributed by atoms with E-state index in [9.17, 15) is 4.79 Å². The highest BCUT2D eigenvalue weighted by molar-refractivity contribution is 7.99. The molecule has 0 aliphatic carbocycles. The first-order chi connectivity index (χ1) is 12.0. The highest BCUT2D eigenvalue weighted by Gasteiger charge is 2.17. The Balaban J connectivity index is 1.58. The zero-order valence-electron chi connectivity index (χ0n) is 13.4. The summed E-state index contributed by atoms with van der Waals surface area (Å²) in [5, 5.41) is 9.11. The number of nitrogens with zero attached hydrogens (tertiary/aromatic N) is 4. The van der Waals surface area contributed by atoms with Crippen LogP contribution in [0.1, 0.15) is 5.56 Å². The number of hydrogen-bond acceptors (Lipinski definition) is 6. The third kappa shape index (κ3) is 4.15. The number of nitrogen functional groups attached to an aromatic ring is 1. The topological polar surface area (TPSA) is 90.2 Å². The summed E-state index contributed by atoms with van der Waals surface area (Å²) in [5.41, 5.74) is 1.01. The number of halogens is 1. The van der Waals surface area contributed by atoms with Crippen LogP contribution < -0.4 is 5.84 Å². The molecule has 0 saturated heterocycles. The molecule has 2 aromatic heterocycles. The van der Waals surface area contributed by atoms with Crippen molar-refractivity contribution >= 4 is 29.3 Å². The van der Waals surface area contributed by atoms with E-state index in [4.69, 9.17) is 21.9 Å². The van der Waals surface area contributed by atoms with E-state index in [0.717, 1.165) is 5.56 Å². The summed E-state index contributed by atoms with van der Waals surface area (Å²) in [6.45, 7) is 0.503. The minimum Gasteiger partial charge on any atom is -0.461 e. The number of aromatic nitrogens is 3. The van der Waals surface area contributed by atoms with Crippen LogP contribution in [0.25, 0.3) is 11.6 Å². The van der Waals surface area contributed by atoms with Crippen LogP contribution in [0.4, 0.5) is 0 Å². The van der Waals surface area contributed by atoms with E-state index in [-0.39, 0.29) is 11.7 Å². The van der Waals surface area contributed by atoms with Crippen molar-refractivity contribution in [2.45, 2.75) is 11.7 Å². The average Bonchev–Trinajstić information content (AvgIpc) is 3.24. The highest BCUT2D eigenvalue weighted by atomic mass is 35.5. The van der Waals surface area contributed by atoms with Crippen molar-refractivity contribution in [1.82, 2.24) is 19.8 Å². The minimum absolute atomic E-state index is 0.0394. The number of carbonyl (C=O) groups is 1. The van der Waals surface area contributed by atoms with Crippen LogP contribution in [0.15, 0.2) is 52.2 Å². The van der Waals surface area contributed by atoms with E-state index in [1.807, 2.05) is 12.1 Å². The Labute approximate surface area is 153 Å². The summed E-state index contributed by atoms with van der Waals surface area (Å²) >= 11 is 7.09. The number of hydrogen-bond donors (Lipinski definition) is 1. The van der Waals surface area contributed by atoms with Crippen LogP contribution >= 0.6 is 23.4 Å². The lowest BCUT2D eigenvalue weighted by atomic mass is 10.2. The lowest BCUT2D eigenvalue weighted by molar-refractivity contribution is -0.127. The minimum atomic E-state index is -0.0394. The molecule has 3 rings (SSSR count). The van der Waals surface area contributed by atoms with Crippen LogP contribution in [0, 0.1) is 0 Å². The fraction of sp³-hybridized carbons (Fsp3) is 0.188. The van der Waals surface area contributed by atoms with Gasteiger partial charge in [-0.05, 0) is 29.8 Å². The van der Waals surface area contributed by atoms with Gasteiger partial charge in [-0.25, -0.2) is 4.68 Å². The highest BCUT2D eigenvalue weighted by Crippen LogP contribution is 2.22. The first kappa shape index (κ1) is 17.4. The maximum Gasteiger partial charge on any atom is 0.233 e. The first-order valence-electron chi connectivity index (χ1n) is 7.40. The molecule has 2 N–H and O–H groups in total. The molecule has 130 valence electrons. The number of thioether (sulfide) groups is 1. The SMILES string of the molecule is CN(Cc1ccc(Cl)cc1)C(=O)CSc1nnc(-c2ccco2)n1N. The molecule has 9 heteroatoms. The van der Waals surface area contributed by atoms with Gasteiger partial charge in [-0.1, -0.05) is 35.5 Å². The fourth-order valence-electron chi connectivity index (χ4n) is 2.14. The van der Waals surface area contributed by atoms with E-state index in [2.05, 4.69) is 10.2 Å². The second-order valence-electron chi connectivity index (χ2n) is 5.32. The lowest BCUT2D eigenvalue weighted by Crippen LogP contribution is -2.28. The van der Waals surface area contributed by atoms with Gasteiger partial charge in [0.1, 0.15) is 0 Å². The maximum atomic E-state index is 12.3. The van der Waals surface area contributed by atoms with Gasteiger partial charge in [0, 0.05) is 18.6 Å². The van der Waals surface area contributed by atoms with Gasteiger partial charge in [0.2, 0.25) is 16.9 Å². The molecule has 0 aliphatic rings. The summed E-state index contributed by atoms with van der Waals surface area (Å²) in [4.78, 5) is 13.9. The largest absolute Gasteiger partial charge is 0.461 e. The van der Waals surface area contributed by atoms with Crippen molar-refractivity contribution in [2.24, 2.45) is 0 Å². The Morgan fingerprint density at radius 1 is 1.32 bits per heavy atom. The van der Waals surface area contributed by atoms with Crippen LogP contribution in [-0.2, 0) is 11.3 Å². The quantitative estimate of drug-likeness (QED) is 0.524. The van der Waals surface area contributed by atoms with Crippen LogP contribution in [-0.4, -0.2) is 38.5 Å². The van der Waals surface area contributed by atoms with Crippen molar-refractivity contribution in [3.8, 4) is 11.6 Å². The van der Waals surface area contributed by atoms with E-state index in [1.54, 1.807) is 36.2 Å². The van der Waals surface area contributed by atoms with Crippen molar-refractivity contribution in [3.63, 3.8) is 0 Å². The first-order valence-corrected chi connectivity index (χ1v) is 8.76. The number of rotatable bonds is 6. The van der Waals surface area contributed by atoms with Gasteiger partial charge in [-0.3, -0.25) is 4.79 Å². The fourth-order valence-corrected chi connectivity index (χ4v) is 3.06. The molecule has 0 saturated carbocycles. The molecular weight excluding hydrogens is 362 g/mol. The van der Waals surface area contributed by atoms with Crippen LogP contribution in [0.3, 0.4) is 0 Å². The Morgan fingerprint density at radius 3 is 2.76 bits per heavy atom. The third-order valence-electron chi connectivity index (χ3n) is 3.49. The molecule has 2 heterocycles. The average molecular weight is 378 g/mol. The molecule has 1 amide bonds. The molecule has 1 aromatic carbocycles. The number of benzene rings is 1. The predicted octanol–water partition coefficient (Wildman–Crippen LogP) is 2.66. The van der Waals surface area contributed by atoms with Crippen molar-refractivity contribution < 1.29 is 9.21 Å². The summed E-state index contributed by atoms with van der Waals surface area (Å²) in [5.74, 6) is 7.07. The van der Waals surface area contributed by atoms with Crippen LogP contribution in [0.2, 0.25) is 5.02 Å². The zero-order valence-corrected chi connectivity index (χ0v) is 15.0. The predicted molar refractivity (Wildman–Crippen MR) is 96.5 cm³/mol. The molecule has 0 atom stereocenters. The summed E-state index contributed by atoms with van der Waals surface area (Å²) in [7, 11) is 1.75. The maximum absolute atomic E-state index is 12.3. The monoisotopic (exact) mass is 377 g/mol. The molecule has 3 aromatic rings. The molecule has 25 heavy (non-hydrogen) atoms. The van der Waals surface area contributed by atoms with Gasteiger partial charge in [0.15, 0.2) is 5.76 Å². The van der Waals surface area contributed by atoms with E-state index in [0.29, 0.717) is 28.3 Å². The Morgan fingerprint density at radius 2 is 2.08 bits per heavy atom. The smallest absolute Gasteiger partial charge is 0.233 e. The third-order valence-corrected chi connectivity index (χ3v) is 4.67. The summed E-state index contributed by atoms with van der Waals surface area (Å²) < 4.78 is 6.57. The summed E-state index contributed by atoms with van der Waals surface area (Å²) in [6.07, 6.45) is 1.53. The van der Waals surface area contributed by atoms with Gasteiger partial charge < -0.3 is 15.2 Å². The molecule has 0 fully saturated rings. The van der Waals surface area contributed by atoms with E-state index < -0.39 is 0 Å².